The molecule has 0 saturated heterocycles. The van der Waals surface area contributed by atoms with Gasteiger partial charge in [0, 0.05) is 12.8 Å². The Bertz CT molecular complexity index is 1190. The van der Waals surface area contributed by atoms with Crippen LogP contribution in [0.1, 0.15) is 18.2 Å². The van der Waals surface area contributed by atoms with Gasteiger partial charge >= 0.3 is 0 Å². The molecule has 0 saturated carbocycles. The lowest BCUT2D eigenvalue weighted by atomic mass is 10.1. The normalized spacial score (nSPS) is 14.8. The quantitative estimate of drug-likeness (QED) is 0.524. The zero-order chi connectivity index (χ0) is 22.8. The van der Waals surface area contributed by atoms with E-state index < -0.39 is 6.04 Å². The van der Waals surface area contributed by atoms with Gasteiger partial charge in [0.25, 0.3) is 5.91 Å². The van der Waals surface area contributed by atoms with Gasteiger partial charge in [0.1, 0.15) is 17.6 Å². The van der Waals surface area contributed by atoms with Gasteiger partial charge in [-0.25, -0.2) is 4.68 Å². The van der Waals surface area contributed by atoms with Gasteiger partial charge in [-0.15, -0.1) is 0 Å². The van der Waals surface area contributed by atoms with E-state index in [-0.39, 0.29) is 24.8 Å². The van der Waals surface area contributed by atoms with E-state index >= 15 is 0 Å². The van der Waals surface area contributed by atoms with Gasteiger partial charge in [-0.05, 0) is 35.9 Å². The van der Waals surface area contributed by atoms with Gasteiger partial charge in [0.2, 0.25) is 5.91 Å². The molecule has 0 spiro atoms. The number of hydrogen-bond donors (Lipinski definition) is 2. The summed E-state index contributed by atoms with van der Waals surface area (Å²) in [5, 5.41) is 10.9. The summed E-state index contributed by atoms with van der Waals surface area (Å²) in [5.74, 6) is 0.517. The van der Waals surface area contributed by atoms with Crippen molar-refractivity contribution >= 4 is 46.5 Å². The van der Waals surface area contributed by atoms with E-state index in [1.54, 1.807) is 37.1 Å². The first-order chi connectivity index (χ1) is 15.4. The lowest BCUT2D eigenvalue weighted by molar-refractivity contribution is -0.123. The van der Waals surface area contributed by atoms with Crippen molar-refractivity contribution in [2.45, 2.75) is 19.1 Å². The van der Waals surface area contributed by atoms with E-state index in [0.717, 1.165) is 11.1 Å². The largest absolute Gasteiger partial charge is 0.497 e. The number of amides is 2. The summed E-state index contributed by atoms with van der Waals surface area (Å²) >= 11 is 11.9. The van der Waals surface area contributed by atoms with Gasteiger partial charge in [-0.2, -0.15) is 5.10 Å². The SMILES string of the molecule is COCc1nn2c(c1-c1cccc(OC)c1)NC(=O)C2CC(=O)Nc1ccc(Cl)c(Cl)c1. The van der Waals surface area contributed by atoms with Crippen LogP contribution in [0.5, 0.6) is 5.75 Å². The van der Waals surface area contributed by atoms with Crippen molar-refractivity contribution in [1.82, 2.24) is 9.78 Å². The highest BCUT2D eigenvalue weighted by Crippen LogP contribution is 2.39. The standard InChI is InChI=1S/C22H20Cl2N4O4/c1-31-11-17-20(12-4-3-5-14(8-12)32-2)21-26-22(30)18(28(21)27-17)10-19(29)25-13-6-7-15(23)16(24)9-13/h3-9,18H,10-11H2,1-2H3,(H,25,29)(H,26,30). The Hall–Kier alpha value is -3.07. The number of aromatic nitrogens is 2. The number of carbonyl (C=O) groups is 2. The maximum absolute atomic E-state index is 12.7. The van der Waals surface area contributed by atoms with Crippen molar-refractivity contribution in [1.29, 1.82) is 0 Å². The van der Waals surface area contributed by atoms with E-state index in [1.165, 1.54) is 0 Å². The number of nitrogens with one attached hydrogen (secondary N) is 2. The predicted octanol–water partition coefficient (Wildman–Crippen LogP) is 4.53. The van der Waals surface area contributed by atoms with Gasteiger partial charge in [0.15, 0.2) is 0 Å². The summed E-state index contributed by atoms with van der Waals surface area (Å²) in [6, 6.07) is 11.4. The lowest BCUT2D eigenvalue weighted by Gasteiger charge is -2.11. The number of halogens is 2. The number of hydrogen-bond acceptors (Lipinski definition) is 5. The zero-order valence-corrected chi connectivity index (χ0v) is 18.8. The first-order valence-corrected chi connectivity index (χ1v) is 10.5. The molecule has 3 aromatic rings. The summed E-state index contributed by atoms with van der Waals surface area (Å²) in [5.41, 5.74) is 2.68. The van der Waals surface area contributed by atoms with Crippen molar-refractivity contribution in [3.63, 3.8) is 0 Å². The average molecular weight is 475 g/mol. The molecule has 8 nitrogen and oxygen atoms in total. The smallest absolute Gasteiger partial charge is 0.251 e. The van der Waals surface area contributed by atoms with Crippen LogP contribution in [0.3, 0.4) is 0 Å². The Labute approximate surface area is 194 Å². The molecule has 0 radical (unpaired) electrons. The monoisotopic (exact) mass is 474 g/mol. The maximum atomic E-state index is 12.7. The van der Waals surface area contributed by atoms with Crippen molar-refractivity contribution < 1.29 is 19.1 Å². The van der Waals surface area contributed by atoms with Crippen LogP contribution in [0.15, 0.2) is 42.5 Å². The Morgan fingerprint density at radius 3 is 2.72 bits per heavy atom. The third kappa shape index (κ3) is 4.29. The molecule has 1 aliphatic heterocycles. The van der Waals surface area contributed by atoms with Crippen LogP contribution in [0, 0.1) is 0 Å². The van der Waals surface area contributed by atoms with Crippen LogP contribution < -0.4 is 15.4 Å². The summed E-state index contributed by atoms with van der Waals surface area (Å²) in [6.07, 6.45) is -0.106. The van der Waals surface area contributed by atoms with Crippen molar-refractivity contribution in [3.05, 3.63) is 58.2 Å². The Balaban J connectivity index is 1.63. The molecule has 0 fully saturated rings. The summed E-state index contributed by atoms with van der Waals surface area (Å²) in [6.45, 7) is 0.241. The zero-order valence-electron chi connectivity index (χ0n) is 17.3. The molecule has 2 heterocycles. The molecule has 2 aromatic carbocycles. The van der Waals surface area contributed by atoms with Crippen molar-refractivity contribution in [2.75, 3.05) is 24.9 Å². The minimum atomic E-state index is -0.803. The third-order valence-electron chi connectivity index (χ3n) is 5.04. The Kier molecular flexibility index (Phi) is 6.36. The van der Waals surface area contributed by atoms with E-state index in [1.807, 2.05) is 24.3 Å². The summed E-state index contributed by atoms with van der Waals surface area (Å²) in [4.78, 5) is 25.3. The molecule has 1 unspecified atom stereocenters. The third-order valence-corrected chi connectivity index (χ3v) is 5.78. The molecular weight excluding hydrogens is 455 g/mol. The fourth-order valence-corrected chi connectivity index (χ4v) is 3.90. The van der Waals surface area contributed by atoms with Crippen LogP contribution >= 0.6 is 23.2 Å². The van der Waals surface area contributed by atoms with Crippen LogP contribution in [-0.2, 0) is 20.9 Å². The number of anilines is 2. The highest BCUT2D eigenvalue weighted by Gasteiger charge is 2.37. The van der Waals surface area contributed by atoms with Crippen LogP contribution in [0.25, 0.3) is 11.1 Å². The first kappa shape index (κ1) is 22.1. The molecule has 166 valence electrons. The summed E-state index contributed by atoms with van der Waals surface area (Å²) < 4.78 is 12.2. The number of nitrogens with zero attached hydrogens (tertiary/aromatic N) is 2. The van der Waals surface area contributed by atoms with Crippen LogP contribution in [0.2, 0.25) is 10.0 Å². The highest BCUT2D eigenvalue weighted by atomic mass is 35.5. The van der Waals surface area contributed by atoms with Crippen LogP contribution in [0.4, 0.5) is 11.5 Å². The second-order valence-electron chi connectivity index (χ2n) is 7.17. The fraction of sp³-hybridized carbons (Fsp3) is 0.227. The van der Waals surface area contributed by atoms with Crippen molar-refractivity contribution in [2.24, 2.45) is 0 Å². The van der Waals surface area contributed by atoms with Gasteiger partial charge in [-0.1, -0.05) is 35.3 Å². The molecule has 32 heavy (non-hydrogen) atoms. The molecule has 0 bridgehead atoms. The molecular formula is C22H20Cl2N4O4. The molecule has 4 rings (SSSR count). The Morgan fingerprint density at radius 2 is 2.00 bits per heavy atom. The van der Waals surface area contributed by atoms with E-state index in [2.05, 4.69) is 15.7 Å². The topological polar surface area (TPSA) is 94.5 Å². The van der Waals surface area contributed by atoms with E-state index in [0.29, 0.717) is 33.0 Å². The predicted molar refractivity (Wildman–Crippen MR) is 122 cm³/mol. The van der Waals surface area contributed by atoms with Crippen LogP contribution in [-0.4, -0.2) is 35.8 Å². The fourth-order valence-electron chi connectivity index (χ4n) is 3.60. The van der Waals surface area contributed by atoms with Crippen molar-refractivity contribution in [3.8, 4) is 16.9 Å². The average Bonchev–Trinajstić information content (AvgIpc) is 3.26. The summed E-state index contributed by atoms with van der Waals surface area (Å²) in [7, 11) is 3.16. The van der Waals surface area contributed by atoms with Gasteiger partial charge in [0.05, 0.1) is 41.4 Å². The minimum Gasteiger partial charge on any atom is -0.497 e. The maximum Gasteiger partial charge on any atom is 0.251 e. The number of benzene rings is 2. The number of fused-ring (bicyclic) bond motifs is 1. The van der Waals surface area contributed by atoms with Gasteiger partial charge in [-0.3, -0.25) is 9.59 Å². The molecule has 2 N–H and O–H groups in total. The van der Waals surface area contributed by atoms with E-state index in [9.17, 15) is 9.59 Å². The molecule has 1 aromatic heterocycles. The minimum absolute atomic E-state index is 0.106. The second kappa shape index (κ2) is 9.20. The first-order valence-electron chi connectivity index (χ1n) is 9.71. The number of carbonyl (C=O) groups excluding carboxylic acids is 2. The molecule has 10 heteroatoms. The number of rotatable bonds is 7. The number of methoxy groups -OCH3 is 2. The molecule has 1 aliphatic rings. The van der Waals surface area contributed by atoms with E-state index in [4.69, 9.17) is 32.7 Å². The highest BCUT2D eigenvalue weighted by molar-refractivity contribution is 6.42. The second-order valence-corrected chi connectivity index (χ2v) is 7.98. The molecule has 2 amide bonds. The Morgan fingerprint density at radius 1 is 1.19 bits per heavy atom. The molecule has 1 atom stereocenters. The van der Waals surface area contributed by atoms with Gasteiger partial charge < -0.3 is 20.1 Å². The molecule has 0 aliphatic carbocycles. The lowest BCUT2D eigenvalue weighted by Crippen LogP contribution is -2.24. The number of ether oxygens (including phenoxy) is 2.